The molecule has 1 aromatic carbocycles. The van der Waals surface area contributed by atoms with Crippen molar-refractivity contribution in [2.75, 3.05) is 24.5 Å². The van der Waals surface area contributed by atoms with Crippen LogP contribution in [0.2, 0.25) is 0 Å². The van der Waals surface area contributed by atoms with Crippen LogP contribution in [0.15, 0.2) is 30.5 Å². The summed E-state index contributed by atoms with van der Waals surface area (Å²) in [6.45, 7) is 4.45. The average Bonchev–Trinajstić information content (AvgIpc) is 3.17. The number of rotatable bonds is 6. The Labute approximate surface area is 229 Å². The fourth-order valence-electron chi connectivity index (χ4n) is 5.22. The van der Waals surface area contributed by atoms with Crippen LogP contribution >= 0.6 is 0 Å². The van der Waals surface area contributed by atoms with Crippen molar-refractivity contribution < 1.29 is 49.0 Å². The number of pyridine rings is 1. The summed E-state index contributed by atoms with van der Waals surface area (Å²) in [5, 5.41) is 3.20. The van der Waals surface area contributed by atoms with Gasteiger partial charge in [-0.2, -0.15) is 39.5 Å². The van der Waals surface area contributed by atoms with Crippen molar-refractivity contribution in [2.24, 2.45) is 0 Å². The minimum Gasteiger partial charge on any atom is -0.439 e. The van der Waals surface area contributed by atoms with Gasteiger partial charge in [-0.25, -0.2) is 9.78 Å². The SMILES string of the molecule is CCN(c1ncc(C(F)(F)F)cc1CN1C(=O)O[C@H](c2cc(C(F)(F)F)cc(C(F)(F)F)c2)[C@@H]1C)C1CCNCC1. The number of benzene rings is 1. The summed E-state index contributed by atoms with van der Waals surface area (Å²) < 4.78 is 126. The number of nitrogens with zero attached hydrogens (tertiary/aromatic N) is 3. The number of piperidine rings is 1. The lowest BCUT2D eigenvalue weighted by Crippen LogP contribution is -2.44. The minimum absolute atomic E-state index is 0.0182. The molecule has 0 radical (unpaired) electrons. The number of cyclic esters (lactones) is 1. The normalized spacial score (nSPS) is 20.9. The molecule has 41 heavy (non-hydrogen) atoms. The van der Waals surface area contributed by atoms with Crippen molar-refractivity contribution in [3.05, 3.63) is 58.3 Å². The maximum atomic E-state index is 13.6. The Balaban J connectivity index is 1.71. The van der Waals surface area contributed by atoms with Crippen molar-refractivity contribution in [3.8, 4) is 0 Å². The molecule has 1 amide bonds. The van der Waals surface area contributed by atoms with Crippen LogP contribution in [0.3, 0.4) is 0 Å². The third-order valence-corrected chi connectivity index (χ3v) is 7.30. The highest BCUT2D eigenvalue weighted by Gasteiger charge is 2.44. The van der Waals surface area contributed by atoms with E-state index in [-0.39, 0.29) is 23.5 Å². The Morgan fingerprint density at radius 3 is 2.00 bits per heavy atom. The molecular weight excluding hydrogens is 571 g/mol. The molecule has 0 bridgehead atoms. The minimum atomic E-state index is -5.11. The monoisotopic (exact) mass is 598 g/mol. The molecule has 3 heterocycles. The molecule has 4 rings (SSSR count). The highest BCUT2D eigenvalue weighted by atomic mass is 19.4. The number of nitrogens with one attached hydrogen (secondary N) is 1. The predicted molar refractivity (Wildman–Crippen MR) is 129 cm³/mol. The molecule has 226 valence electrons. The van der Waals surface area contributed by atoms with E-state index in [9.17, 15) is 44.3 Å². The number of hydrogen-bond acceptors (Lipinski definition) is 5. The van der Waals surface area contributed by atoms with E-state index in [0.29, 0.717) is 50.8 Å². The molecule has 2 aliphatic heterocycles. The molecule has 6 nitrogen and oxygen atoms in total. The number of aromatic nitrogens is 1. The van der Waals surface area contributed by atoms with E-state index in [0.717, 1.165) is 11.0 Å². The van der Waals surface area contributed by atoms with Crippen LogP contribution < -0.4 is 10.2 Å². The fourth-order valence-corrected chi connectivity index (χ4v) is 5.22. The quantitative estimate of drug-likeness (QED) is 0.371. The van der Waals surface area contributed by atoms with Crippen LogP contribution in [0, 0.1) is 0 Å². The Morgan fingerprint density at radius 2 is 1.49 bits per heavy atom. The van der Waals surface area contributed by atoms with Gasteiger partial charge in [0.2, 0.25) is 0 Å². The van der Waals surface area contributed by atoms with E-state index in [4.69, 9.17) is 4.74 Å². The molecule has 2 fully saturated rings. The zero-order valence-electron chi connectivity index (χ0n) is 21.9. The Bertz CT molecular complexity index is 1220. The van der Waals surface area contributed by atoms with Gasteiger partial charge < -0.3 is 15.0 Å². The first-order valence-electron chi connectivity index (χ1n) is 12.8. The Morgan fingerprint density at radius 1 is 0.927 bits per heavy atom. The molecular formula is C26H27F9N4O2. The van der Waals surface area contributed by atoms with E-state index >= 15 is 0 Å². The lowest BCUT2D eigenvalue weighted by atomic mass is 9.97. The van der Waals surface area contributed by atoms with Gasteiger partial charge in [0.25, 0.3) is 0 Å². The van der Waals surface area contributed by atoms with Crippen molar-refractivity contribution in [1.29, 1.82) is 0 Å². The number of alkyl halides is 9. The summed E-state index contributed by atoms with van der Waals surface area (Å²) in [4.78, 5) is 19.8. The molecule has 2 saturated heterocycles. The second kappa shape index (κ2) is 11.2. The lowest BCUT2D eigenvalue weighted by molar-refractivity contribution is -0.143. The summed E-state index contributed by atoms with van der Waals surface area (Å²) in [7, 11) is 0. The van der Waals surface area contributed by atoms with Gasteiger partial charge in [-0.15, -0.1) is 0 Å². The van der Waals surface area contributed by atoms with Crippen molar-refractivity contribution in [2.45, 2.75) is 70.0 Å². The van der Waals surface area contributed by atoms with E-state index in [1.807, 2.05) is 4.90 Å². The molecule has 2 atom stereocenters. The number of anilines is 1. The zero-order valence-corrected chi connectivity index (χ0v) is 21.9. The summed E-state index contributed by atoms with van der Waals surface area (Å²) in [5.74, 6) is 0.203. The maximum absolute atomic E-state index is 13.6. The smallest absolute Gasteiger partial charge is 0.417 e. The van der Waals surface area contributed by atoms with Crippen LogP contribution in [0.25, 0.3) is 0 Å². The van der Waals surface area contributed by atoms with Gasteiger partial charge in [0, 0.05) is 24.3 Å². The number of hydrogen-bond donors (Lipinski definition) is 1. The van der Waals surface area contributed by atoms with Crippen molar-refractivity contribution in [1.82, 2.24) is 15.2 Å². The van der Waals surface area contributed by atoms with Crippen molar-refractivity contribution in [3.63, 3.8) is 0 Å². The molecule has 1 N–H and O–H groups in total. The number of halogens is 9. The largest absolute Gasteiger partial charge is 0.439 e. The molecule has 2 aromatic rings. The molecule has 0 saturated carbocycles. The average molecular weight is 599 g/mol. The maximum Gasteiger partial charge on any atom is 0.417 e. The van der Waals surface area contributed by atoms with Crippen LogP contribution in [0.5, 0.6) is 0 Å². The molecule has 1 aromatic heterocycles. The summed E-state index contributed by atoms with van der Waals surface area (Å²) in [6.07, 6.45) is -15.5. The zero-order chi connectivity index (χ0) is 30.3. The van der Waals surface area contributed by atoms with Crippen molar-refractivity contribution >= 4 is 11.9 Å². The Kier molecular flexibility index (Phi) is 8.40. The molecule has 0 aliphatic carbocycles. The highest BCUT2D eigenvalue weighted by molar-refractivity contribution is 5.71. The van der Waals surface area contributed by atoms with Crippen LogP contribution in [0.4, 0.5) is 50.1 Å². The fraction of sp³-hybridized carbons (Fsp3) is 0.538. The van der Waals surface area contributed by atoms with E-state index in [1.54, 1.807) is 6.92 Å². The molecule has 2 aliphatic rings. The molecule has 0 spiro atoms. The van der Waals surface area contributed by atoms with Gasteiger partial charge in [-0.05, 0) is 69.6 Å². The first kappa shape index (κ1) is 30.7. The third-order valence-electron chi connectivity index (χ3n) is 7.30. The van der Waals surface area contributed by atoms with Gasteiger partial charge in [-0.3, -0.25) is 4.90 Å². The van der Waals surface area contributed by atoms with Gasteiger partial charge in [0.1, 0.15) is 11.9 Å². The van der Waals surface area contributed by atoms with Crippen LogP contribution in [0.1, 0.15) is 60.6 Å². The number of carbonyl (C=O) groups excluding carboxylic acids is 1. The van der Waals surface area contributed by atoms with Crippen LogP contribution in [-0.4, -0.2) is 47.7 Å². The second-order valence-corrected chi connectivity index (χ2v) is 9.98. The number of carbonyl (C=O) groups is 1. The second-order valence-electron chi connectivity index (χ2n) is 9.98. The lowest BCUT2D eigenvalue weighted by Gasteiger charge is -2.36. The van der Waals surface area contributed by atoms with E-state index in [1.165, 1.54) is 6.92 Å². The number of amides is 1. The third kappa shape index (κ3) is 6.65. The standard InChI is InChI=1S/C26H27F9N4O2/c1-3-38(20-4-6-36-7-5-20)22-16(10-19(12-37-22)26(33,34)35)13-39-14(2)21(41-23(39)40)15-8-17(24(27,28)29)11-18(9-15)25(30,31)32/h8-12,14,20-21,36H,3-7,13H2,1-2H3/t14-,21-/m0/s1. The summed E-state index contributed by atoms with van der Waals surface area (Å²) in [6, 6.07) is 0.588. The summed E-state index contributed by atoms with van der Waals surface area (Å²) in [5.41, 5.74) is -4.74. The van der Waals surface area contributed by atoms with Gasteiger partial charge >= 0.3 is 24.6 Å². The molecule has 0 unspecified atom stereocenters. The molecule has 15 heteroatoms. The van der Waals surface area contributed by atoms with E-state index in [2.05, 4.69) is 10.3 Å². The topological polar surface area (TPSA) is 57.7 Å². The Hall–Kier alpha value is -3.23. The van der Waals surface area contributed by atoms with Gasteiger partial charge in [-0.1, -0.05) is 0 Å². The summed E-state index contributed by atoms with van der Waals surface area (Å²) >= 11 is 0. The number of ether oxygens (including phenoxy) is 1. The highest BCUT2D eigenvalue weighted by Crippen LogP contribution is 2.42. The van der Waals surface area contributed by atoms with E-state index < -0.39 is 65.6 Å². The predicted octanol–water partition coefficient (Wildman–Crippen LogP) is 6.80. The van der Waals surface area contributed by atoms with Crippen LogP contribution in [-0.2, 0) is 29.8 Å². The first-order valence-corrected chi connectivity index (χ1v) is 12.8. The van der Waals surface area contributed by atoms with Gasteiger partial charge in [0.15, 0.2) is 0 Å². The van der Waals surface area contributed by atoms with Gasteiger partial charge in [0.05, 0.1) is 29.3 Å². The first-order chi connectivity index (χ1) is 19.0.